The second-order valence-electron chi connectivity index (χ2n) is 6.96. The van der Waals surface area contributed by atoms with E-state index in [-0.39, 0.29) is 17.7 Å². The summed E-state index contributed by atoms with van der Waals surface area (Å²) >= 11 is 1.44. The highest BCUT2D eigenvalue weighted by atomic mass is 32.1. The van der Waals surface area contributed by atoms with E-state index in [1.807, 2.05) is 29.3 Å². The average Bonchev–Trinajstić information content (AvgIpc) is 3.34. The highest BCUT2D eigenvalue weighted by molar-refractivity contribution is 7.12. The molecule has 1 fully saturated rings. The van der Waals surface area contributed by atoms with Crippen molar-refractivity contribution < 1.29 is 19.1 Å². The first kappa shape index (κ1) is 20.3. The number of aromatic amines is 1. The zero-order valence-electron chi connectivity index (χ0n) is 16.6. The molecule has 0 aliphatic carbocycles. The Morgan fingerprint density at radius 2 is 1.86 bits per heavy atom. The highest BCUT2D eigenvalue weighted by Crippen LogP contribution is 2.22. The van der Waals surface area contributed by atoms with Crippen molar-refractivity contribution in [3.63, 3.8) is 0 Å². The third-order valence-corrected chi connectivity index (χ3v) is 6.19. The lowest BCUT2D eigenvalue weighted by Gasteiger charge is -2.37. The average molecular weight is 404 g/mol. The van der Waals surface area contributed by atoms with Gasteiger partial charge >= 0.3 is 5.97 Å². The zero-order chi connectivity index (χ0) is 20.4. The van der Waals surface area contributed by atoms with E-state index in [9.17, 15) is 14.4 Å². The molecule has 7 nitrogen and oxygen atoms in total. The third kappa shape index (κ3) is 3.74. The minimum absolute atomic E-state index is 0.0483. The maximum atomic E-state index is 13.0. The minimum Gasteiger partial charge on any atom is -0.465 e. The molecule has 1 saturated heterocycles. The van der Waals surface area contributed by atoms with Crippen LogP contribution in [0.2, 0.25) is 0 Å². The van der Waals surface area contributed by atoms with Gasteiger partial charge in [-0.15, -0.1) is 11.3 Å². The van der Waals surface area contributed by atoms with Gasteiger partial charge in [0.05, 0.1) is 29.3 Å². The number of carbonyl (C=O) groups is 3. The standard InChI is InChI=1S/C20H25N3O4S/c1-12-16(20(26)27-4)13(2)21-17(12)18(24)14(3)22-7-9-23(10-8-22)19(25)15-6-5-11-28-15/h5-6,11,14,21H,7-10H2,1-4H3. The summed E-state index contributed by atoms with van der Waals surface area (Å²) in [7, 11) is 1.33. The fourth-order valence-electron chi connectivity index (χ4n) is 3.65. The molecule has 0 saturated carbocycles. The van der Waals surface area contributed by atoms with Crippen molar-refractivity contribution in [1.82, 2.24) is 14.8 Å². The summed E-state index contributed by atoms with van der Waals surface area (Å²) in [6.07, 6.45) is 0. The third-order valence-electron chi connectivity index (χ3n) is 5.33. The van der Waals surface area contributed by atoms with Crippen molar-refractivity contribution in [2.75, 3.05) is 33.3 Å². The molecule has 150 valence electrons. The van der Waals surface area contributed by atoms with Crippen LogP contribution in [0, 0.1) is 13.8 Å². The summed E-state index contributed by atoms with van der Waals surface area (Å²) in [5, 5.41) is 1.90. The molecule has 8 heteroatoms. The molecule has 0 aromatic carbocycles. The molecule has 1 aliphatic heterocycles. The summed E-state index contributed by atoms with van der Waals surface area (Å²) in [5.74, 6) is -0.459. The lowest BCUT2D eigenvalue weighted by atomic mass is 10.0. The number of thiophene rings is 1. The van der Waals surface area contributed by atoms with Crippen molar-refractivity contribution >= 4 is 29.0 Å². The number of hydrogen-bond acceptors (Lipinski definition) is 6. The van der Waals surface area contributed by atoms with E-state index in [0.29, 0.717) is 48.7 Å². The predicted molar refractivity (Wildman–Crippen MR) is 107 cm³/mol. The van der Waals surface area contributed by atoms with Crippen LogP contribution in [-0.2, 0) is 4.74 Å². The molecule has 1 unspecified atom stereocenters. The van der Waals surface area contributed by atoms with Crippen molar-refractivity contribution in [1.29, 1.82) is 0 Å². The van der Waals surface area contributed by atoms with Crippen molar-refractivity contribution in [3.8, 4) is 0 Å². The number of aryl methyl sites for hydroxylation is 1. The molecule has 2 aromatic rings. The maximum Gasteiger partial charge on any atom is 0.339 e. The van der Waals surface area contributed by atoms with Crippen molar-refractivity contribution in [2.24, 2.45) is 0 Å². The van der Waals surface area contributed by atoms with Gasteiger partial charge in [-0.3, -0.25) is 14.5 Å². The summed E-state index contributed by atoms with van der Waals surface area (Å²) in [6.45, 7) is 7.82. The van der Waals surface area contributed by atoms with Gasteiger partial charge in [0.25, 0.3) is 5.91 Å². The Hall–Kier alpha value is -2.45. The van der Waals surface area contributed by atoms with Crippen LogP contribution in [0.5, 0.6) is 0 Å². The molecule has 0 bridgehead atoms. The number of esters is 1. The number of nitrogens with one attached hydrogen (secondary N) is 1. The van der Waals surface area contributed by atoms with Gasteiger partial charge in [-0.1, -0.05) is 6.07 Å². The topological polar surface area (TPSA) is 82.7 Å². The lowest BCUT2D eigenvalue weighted by Crippen LogP contribution is -2.53. The van der Waals surface area contributed by atoms with E-state index < -0.39 is 5.97 Å². The number of ketones is 1. The van der Waals surface area contributed by atoms with Crippen LogP contribution in [0.4, 0.5) is 0 Å². The number of amides is 1. The number of methoxy groups -OCH3 is 1. The second kappa shape index (κ2) is 8.28. The Bertz CT molecular complexity index is 880. The van der Waals surface area contributed by atoms with E-state index in [2.05, 4.69) is 9.88 Å². The predicted octanol–water partition coefficient (Wildman–Crippen LogP) is 2.51. The van der Waals surface area contributed by atoms with Gasteiger partial charge in [0, 0.05) is 31.9 Å². The molecule has 3 rings (SSSR count). The largest absolute Gasteiger partial charge is 0.465 e. The Morgan fingerprint density at radius 3 is 2.43 bits per heavy atom. The Kier molecular flexibility index (Phi) is 6.00. The SMILES string of the molecule is COC(=O)c1c(C)[nH]c(C(=O)C(C)N2CCN(C(=O)c3cccs3)CC2)c1C. The summed E-state index contributed by atoms with van der Waals surface area (Å²) in [6, 6.07) is 3.36. The first-order valence-electron chi connectivity index (χ1n) is 9.23. The van der Waals surface area contributed by atoms with Crippen LogP contribution in [-0.4, -0.2) is 71.8 Å². The molecule has 1 atom stereocenters. The van der Waals surface area contributed by atoms with Crippen LogP contribution in [0.3, 0.4) is 0 Å². The quantitative estimate of drug-likeness (QED) is 0.613. The Morgan fingerprint density at radius 1 is 1.18 bits per heavy atom. The fraction of sp³-hybridized carbons (Fsp3) is 0.450. The molecule has 1 N–H and O–H groups in total. The van der Waals surface area contributed by atoms with Crippen LogP contribution >= 0.6 is 11.3 Å². The van der Waals surface area contributed by atoms with Gasteiger partial charge in [-0.25, -0.2) is 4.79 Å². The van der Waals surface area contributed by atoms with Crippen molar-refractivity contribution in [3.05, 3.63) is 44.9 Å². The summed E-state index contributed by atoms with van der Waals surface area (Å²) in [4.78, 5) is 45.2. The van der Waals surface area contributed by atoms with Gasteiger partial charge < -0.3 is 14.6 Å². The lowest BCUT2D eigenvalue weighted by molar-refractivity contribution is 0.0553. The molecule has 0 spiro atoms. The van der Waals surface area contributed by atoms with E-state index in [1.165, 1.54) is 18.4 Å². The Labute approximate surface area is 168 Å². The maximum absolute atomic E-state index is 13.0. The van der Waals surface area contributed by atoms with Gasteiger partial charge in [0.2, 0.25) is 0 Å². The second-order valence-corrected chi connectivity index (χ2v) is 7.91. The summed E-state index contributed by atoms with van der Waals surface area (Å²) < 4.78 is 4.82. The first-order valence-corrected chi connectivity index (χ1v) is 10.1. The van der Waals surface area contributed by atoms with Crippen LogP contribution in [0.1, 0.15) is 48.7 Å². The van der Waals surface area contributed by atoms with E-state index in [4.69, 9.17) is 4.74 Å². The van der Waals surface area contributed by atoms with Crippen LogP contribution < -0.4 is 0 Å². The molecule has 2 aromatic heterocycles. The fourth-order valence-corrected chi connectivity index (χ4v) is 4.34. The van der Waals surface area contributed by atoms with Gasteiger partial charge in [0.15, 0.2) is 5.78 Å². The monoisotopic (exact) mass is 403 g/mol. The number of piperazine rings is 1. The number of nitrogens with zero attached hydrogens (tertiary/aromatic N) is 2. The zero-order valence-corrected chi connectivity index (χ0v) is 17.4. The highest BCUT2D eigenvalue weighted by Gasteiger charge is 2.31. The molecular weight excluding hydrogens is 378 g/mol. The minimum atomic E-state index is -0.446. The number of ether oxygens (including phenoxy) is 1. The number of carbonyl (C=O) groups excluding carboxylic acids is 3. The molecule has 3 heterocycles. The molecule has 1 amide bonds. The number of Topliss-reactive ketones (excluding diaryl/α,β-unsaturated/α-hetero) is 1. The van der Waals surface area contributed by atoms with E-state index >= 15 is 0 Å². The number of H-pyrrole nitrogens is 1. The van der Waals surface area contributed by atoms with Crippen molar-refractivity contribution in [2.45, 2.75) is 26.8 Å². The summed E-state index contributed by atoms with van der Waals surface area (Å²) in [5.41, 5.74) is 2.12. The van der Waals surface area contributed by atoms with E-state index in [0.717, 1.165) is 4.88 Å². The Balaban J connectivity index is 1.67. The smallest absolute Gasteiger partial charge is 0.339 e. The van der Waals surface area contributed by atoms with Crippen LogP contribution in [0.15, 0.2) is 17.5 Å². The van der Waals surface area contributed by atoms with Gasteiger partial charge in [-0.05, 0) is 37.8 Å². The number of aromatic nitrogens is 1. The molecule has 28 heavy (non-hydrogen) atoms. The normalized spacial score (nSPS) is 16.1. The molecule has 1 aliphatic rings. The van der Waals surface area contributed by atoms with Crippen LogP contribution in [0.25, 0.3) is 0 Å². The number of rotatable bonds is 5. The van der Waals surface area contributed by atoms with Gasteiger partial charge in [-0.2, -0.15) is 0 Å². The van der Waals surface area contributed by atoms with E-state index in [1.54, 1.807) is 13.8 Å². The number of hydrogen-bond donors (Lipinski definition) is 1. The van der Waals surface area contributed by atoms with Gasteiger partial charge in [0.1, 0.15) is 0 Å². The molecular formula is C20H25N3O4S. The first-order chi connectivity index (χ1) is 13.3. The molecule has 0 radical (unpaired) electrons.